The van der Waals surface area contributed by atoms with E-state index in [0.717, 1.165) is 4.90 Å². The standard InChI is InChI=1S/C13H15F2N5O2/c1-3-10-17-11(22-18-10)9-6-13(14,15)7-20(9)12(21)8-4-5-16-19(8)2/h4-5,9H,3,6-7H2,1-2H3/t9-/m0/s1. The third kappa shape index (κ3) is 2.46. The number of amides is 1. The van der Waals surface area contributed by atoms with Crippen molar-refractivity contribution in [1.82, 2.24) is 24.8 Å². The fraction of sp³-hybridized carbons (Fsp3) is 0.538. The van der Waals surface area contributed by atoms with Gasteiger partial charge in [-0.1, -0.05) is 12.1 Å². The van der Waals surface area contributed by atoms with Gasteiger partial charge in [0.2, 0.25) is 5.89 Å². The summed E-state index contributed by atoms with van der Waals surface area (Å²) >= 11 is 0. The van der Waals surface area contributed by atoms with E-state index in [0.29, 0.717) is 12.2 Å². The number of halogens is 2. The number of nitrogens with zero attached hydrogens (tertiary/aromatic N) is 5. The minimum absolute atomic E-state index is 0.0459. The second-order valence-electron chi connectivity index (χ2n) is 5.25. The Morgan fingerprint density at radius 3 is 2.91 bits per heavy atom. The number of carbonyl (C=O) groups excluding carboxylic acids is 1. The summed E-state index contributed by atoms with van der Waals surface area (Å²) in [5.41, 5.74) is 0.234. The van der Waals surface area contributed by atoms with Crippen molar-refractivity contribution in [1.29, 1.82) is 0 Å². The van der Waals surface area contributed by atoms with Gasteiger partial charge in [-0.3, -0.25) is 9.48 Å². The van der Waals surface area contributed by atoms with Crippen LogP contribution in [0.25, 0.3) is 0 Å². The van der Waals surface area contributed by atoms with E-state index in [9.17, 15) is 13.6 Å². The molecule has 0 aromatic carbocycles. The first-order chi connectivity index (χ1) is 10.4. The Bertz CT molecular complexity index is 696. The van der Waals surface area contributed by atoms with Crippen LogP contribution in [0.3, 0.4) is 0 Å². The van der Waals surface area contributed by atoms with E-state index in [1.165, 1.54) is 16.9 Å². The Labute approximate surface area is 124 Å². The van der Waals surface area contributed by atoms with Gasteiger partial charge in [0.1, 0.15) is 11.7 Å². The van der Waals surface area contributed by atoms with Crippen molar-refractivity contribution in [3.8, 4) is 0 Å². The summed E-state index contributed by atoms with van der Waals surface area (Å²) in [6.45, 7) is 1.15. The Hall–Kier alpha value is -2.32. The van der Waals surface area contributed by atoms with Crippen LogP contribution >= 0.6 is 0 Å². The summed E-state index contributed by atoms with van der Waals surface area (Å²) in [5.74, 6) is -3.04. The van der Waals surface area contributed by atoms with Gasteiger partial charge in [0, 0.05) is 26.1 Å². The number of likely N-dealkylation sites (tertiary alicyclic amines) is 1. The van der Waals surface area contributed by atoms with Crippen LogP contribution in [0.15, 0.2) is 16.8 Å². The third-order valence-corrected chi connectivity index (χ3v) is 3.66. The van der Waals surface area contributed by atoms with E-state index in [4.69, 9.17) is 4.52 Å². The molecule has 1 aliphatic heterocycles. The largest absolute Gasteiger partial charge is 0.337 e. The molecule has 0 saturated carbocycles. The van der Waals surface area contributed by atoms with Crippen molar-refractivity contribution in [3.63, 3.8) is 0 Å². The average molecular weight is 311 g/mol. The van der Waals surface area contributed by atoms with Gasteiger partial charge in [-0.05, 0) is 6.07 Å². The van der Waals surface area contributed by atoms with E-state index >= 15 is 0 Å². The summed E-state index contributed by atoms with van der Waals surface area (Å²) in [6, 6.07) is 0.562. The minimum Gasteiger partial charge on any atom is -0.337 e. The average Bonchev–Trinajstić information content (AvgIpc) is 3.15. The SMILES string of the molecule is CCc1noc([C@@H]2CC(F)(F)CN2C(=O)c2ccnn2C)n1. The van der Waals surface area contributed by atoms with Gasteiger partial charge < -0.3 is 9.42 Å². The zero-order valence-corrected chi connectivity index (χ0v) is 12.2. The minimum atomic E-state index is -2.99. The number of hydrogen-bond donors (Lipinski definition) is 0. The highest BCUT2D eigenvalue weighted by atomic mass is 19.3. The molecule has 3 heterocycles. The van der Waals surface area contributed by atoms with Gasteiger partial charge >= 0.3 is 0 Å². The lowest BCUT2D eigenvalue weighted by atomic mass is 10.2. The van der Waals surface area contributed by atoms with Gasteiger partial charge in [0.05, 0.1) is 6.54 Å². The molecule has 0 radical (unpaired) electrons. The summed E-state index contributed by atoms with van der Waals surface area (Å²) in [6.07, 6.45) is 1.45. The number of carbonyl (C=O) groups is 1. The molecule has 1 atom stereocenters. The van der Waals surface area contributed by atoms with Crippen molar-refractivity contribution < 1.29 is 18.1 Å². The highest BCUT2D eigenvalue weighted by Crippen LogP contribution is 2.41. The quantitative estimate of drug-likeness (QED) is 0.860. The molecule has 1 saturated heterocycles. The lowest BCUT2D eigenvalue weighted by molar-refractivity contribution is 0.0115. The molecule has 0 bridgehead atoms. The van der Waals surface area contributed by atoms with Gasteiger partial charge in [-0.15, -0.1) is 0 Å². The number of rotatable bonds is 3. The highest BCUT2D eigenvalue weighted by Gasteiger charge is 2.50. The molecule has 1 aliphatic rings. The van der Waals surface area contributed by atoms with Crippen LogP contribution in [-0.4, -0.2) is 43.2 Å². The van der Waals surface area contributed by atoms with E-state index < -0.39 is 30.8 Å². The van der Waals surface area contributed by atoms with Crippen LogP contribution in [0.4, 0.5) is 8.78 Å². The number of alkyl halides is 2. The van der Waals surface area contributed by atoms with E-state index in [-0.39, 0.29) is 11.6 Å². The molecular formula is C13H15F2N5O2. The molecule has 1 fully saturated rings. The van der Waals surface area contributed by atoms with Gasteiger partial charge in [0.15, 0.2) is 5.82 Å². The van der Waals surface area contributed by atoms with Crippen molar-refractivity contribution >= 4 is 5.91 Å². The Morgan fingerprint density at radius 2 is 2.32 bits per heavy atom. The summed E-state index contributed by atoms with van der Waals surface area (Å²) in [7, 11) is 1.58. The fourth-order valence-electron chi connectivity index (χ4n) is 2.53. The van der Waals surface area contributed by atoms with Crippen LogP contribution in [0.2, 0.25) is 0 Å². The Morgan fingerprint density at radius 1 is 1.55 bits per heavy atom. The van der Waals surface area contributed by atoms with Crippen LogP contribution in [0.5, 0.6) is 0 Å². The smallest absolute Gasteiger partial charge is 0.273 e. The summed E-state index contributed by atoms with van der Waals surface area (Å²) in [4.78, 5) is 17.7. The number of hydrogen-bond acceptors (Lipinski definition) is 5. The predicted molar refractivity (Wildman–Crippen MR) is 70.2 cm³/mol. The lowest BCUT2D eigenvalue weighted by Gasteiger charge is -2.21. The molecule has 118 valence electrons. The maximum atomic E-state index is 13.8. The van der Waals surface area contributed by atoms with Gasteiger partial charge in [-0.25, -0.2) is 8.78 Å². The van der Waals surface area contributed by atoms with Gasteiger partial charge in [-0.2, -0.15) is 10.1 Å². The molecule has 2 aromatic rings. The zero-order chi connectivity index (χ0) is 15.9. The first-order valence-electron chi connectivity index (χ1n) is 6.90. The maximum Gasteiger partial charge on any atom is 0.273 e. The summed E-state index contributed by atoms with van der Waals surface area (Å²) in [5, 5.41) is 7.61. The van der Waals surface area contributed by atoms with E-state index in [1.807, 2.05) is 6.92 Å². The first-order valence-corrected chi connectivity index (χ1v) is 6.90. The molecule has 0 N–H and O–H groups in total. The summed E-state index contributed by atoms with van der Waals surface area (Å²) < 4.78 is 34.0. The third-order valence-electron chi connectivity index (χ3n) is 3.66. The Kier molecular flexibility index (Phi) is 3.42. The predicted octanol–water partition coefficient (Wildman–Crippen LogP) is 1.59. The second kappa shape index (κ2) is 5.15. The monoisotopic (exact) mass is 311 g/mol. The molecule has 0 spiro atoms. The normalized spacial score (nSPS) is 20.5. The number of aromatic nitrogens is 4. The molecule has 0 aliphatic carbocycles. The first kappa shape index (κ1) is 14.6. The van der Waals surface area contributed by atoms with Crippen molar-refractivity contribution in [3.05, 3.63) is 29.7 Å². The second-order valence-corrected chi connectivity index (χ2v) is 5.25. The maximum absolute atomic E-state index is 13.8. The number of aryl methyl sites for hydroxylation is 2. The molecular weight excluding hydrogens is 296 g/mol. The molecule has 2 aromatic heterocycles. The molecule has 3 rings (SSSR count). The van der Waals surface area contributed by atoms with Crippen molar-refractivity contribution in [2.45, 2.75) is 31.7 Å². The van der Waals surface area contributed by atoms with Crippen LogP contribution in [0.1, 0.15) is 41.6 Å². The van der Waals surface area contributed by atoms with Crippen molar-refractivity contribution in [2.24, 2.45) is 7.05 Å². The van der Waals surface area contributed by atoms with Crippen LogP contribution < -0.4 is 0 Å². The van der Waals surface area contributed by atoms with Gasteiger partial charge in [0.25, 0.3) is 11.8 Å². The lowest BCUT2D eigenvalue weighted by Crippen LogP contribution is -2.34. The molecule has 9 heteroatoms. The fourth-order valence-corrected chi connectivity index (χ4v) is 2.53. The molecule has 7 nitrogen and oxygen atoms in total. The zero-order valence-electron chi connectivity index (χ0n) is 12.2. The highest BCUT2D eigenvalue weighted by molar-refractivity contribution is 5.93. The van der Waals surface area contributed by atoms with E-state index in [1.54, 1.807) is 7.05 Å². The molecule has 1 amide bonds. The Balaban J connectivity index is 1.93. The van der Waals surface area contributed by atoms with Crippen LogP contribution in [-0.2, 0) is 13.5 Å². The van der Waals surface area contributed by atoms with Crippen molar-refractivity contribution in [2.75, 3.05) is 6.54 Å². The van der Waals surface area contributed by atoms with Crippen LogP contribution in [0, 0.1) is 0 Å². The van der Waals surface area contributed by atoms with E-state index in [2.05, 4.69) is 15.2 Å². The molecule has 22 heavy (non-hydrogen) atoms. The topological polar surface area (TPSA) is 77.0 Å². The molecule has 0 unspecified atom stereocenters.